The van der Waals surface area contributed by atoms with Gasteiger partial charge >= 0.3 is 0 Å². The molecule has 1 saturated heterocycles. The largest absolute Gasteiger partial charge is 0.361 e. The number of guanidine groups is 1. The third-order valence-electron chi connectivity index (χ3n) is 4.94. The second-order valence-corrected chi connectivity index (χ2v) is 7.30. The highest BCUT2D eigenvalue weighted by molar-refractivity contribution is 5.80. The van der Waals surface area contributed by atoms with Crippen LogP contribution in [-0.4, -0.2) is 79.7 Å². The maximum atomic E-state index is 11.8. The highest BCUT2D eigenvalue weighted by atomic mass is 16.5. The summed E-state index contributed by atoms with van der Waals surface area (Å²) in [5, 5.41) is 10.9. The van der Waals surface area contributed by atoms with E-state index in [1.54, 1.807) is 19.0 Å². The number of piperidine rings is 1. The smallest absolute Gasteiger partial charge is 0.236 e. The maximum absolute atomic E-state index is 11.8. The summed E-state index contributed by atoms with van der Waals surface area (Å²) in [5.41, 5.74) is 2.09. The van der Waals surface area contributed by atoms with Gasteiger partial charge in [0, 0.05) is 51.9 Å². The Kier molecular flexibility index (Phi) is 8.09. The predicted octanol–water partition coefficient (Wildman–Crippen LogP) is 0.942. The van der Waals surface area contributed by atoms with E-state index in [9.17, 15) is 4.79 Å². The molecule has 8 heteroatoms. The number of carbonyl (C=O) groups is 1. The molecule has 2 heterocycles. The van der Waals surface area contributed by atoms with Crippen LogP contribution in [0, 0.1) is 13.8 Å². The molecular formula is C19H34N6O2. The molecule has 27 heavy (non-hydrogen) atoms. The SMILES string of the molecule is CCNC(=NCCc1c(C)noc1C)NC1CCN(CC(=O)N(C)C)CC1. The van der Waals surface area contributed by atoms with Crippen LogP contribution in [0.2, 0.25) is 0 Å². The van der Waals surface area contributed by atoms with Crippen LogP contribution in [0.1, 0.15) is 36.8 Å². The number of aromatic nitrogens is 1. The zero-order valence-corrected chi connectivity index (χ0v) is 17.3. The van der Waals surface area contributed by atoms with E-state index in [0.29, 0.717) is 19.1 Å². The summed E-state index contributed by atoms with van der Waals surface area (Å²) in [6, 6.07) is 0.382. The summed E-state index contributed by atoms with van der Waals surface area (Å²) in [7, 11) is 3.61. The topological polar surface area (TPSA) is 86.0 Å². The summed E-state index contributed by atoms with van der Waals surface area (Å²) in [6.07, 6.45) is 2.84. The molecule has 0 unspecified atom stereocenters. The normalized spacial score (nSPS) is 16.4. The Morgan fingerprint density at radius 1 is 1.33 bits per heavy atom. The van der Waals surface area contributed by atoms with Gasteiger partial charge in [0.25, 0.3) is 0 Å². The van der Waals surface area contributed by atoms with Crippen LogP contribution in [0.4, 0.5) is 0 Å². The van der Waals surface area contributed by atoms with E-state index in [-0.39, 0.29) is 5.91 Å². The molecule has 1 aromatic rings. The van der Waals surface area contributed by atoms with Crippen molar-refractivity contribution >= 4 is 11.9 Å². The Labute approximate surface area is 162 Å². The van der Waals surface area contributed by atoms with Gasteiger partial charge in [-0.2, -0.15) is 0 Å². The second-order valence-electron chi connectivity index (χ2n) is 7.30. The molecular weight excluding hydrogens is 344 g/mol. The third-order valence-corrected chi connectivity index (χ3v) is 4.94. The Morgan fingerprint density at radius 2 is 2.04 bits per heavy atom. The van der Waals surface area contributed by atoms with E-state index >= 15 is 0 Å². The Balaban J connectivity index is 1.81. The lowest BCUT2D eigenvalue weighted by Crippen LogP contribution is -2.50. The molecule has 8 nitrogen and oxygen atoms in total. The number of aliphatic imine (C=N–C) groups is 1. The molecule has 1 amide bonds. The highest BCUT2D eigenvalue weighted by Gasteiger charge is 2.22. The molecule has 2 rings (SSSR count). The average Bonchev–Trinajstić information content (AvgIpc) is 2.95. The molecule has 1 aromatic heterocycles. The van der Waals surface area contributed by atoms with Crippen molar-refractivity contribution in [1.29, 1.82) is 0 Å². The molecule has 152 valence electrons. The van der Waals surface area contributed by atoms with Gasteiger partial charge in [0.05, 0.1) is 12.2 Å². The zero-order chi connectivity index (χ0) is 19.8. The van der Waals surface area contributed by atoms with Crippen molar-refractivity contribution in [2.24, 2.45) is 4.99 Å². The minimum atomic E-state index is 0.163. The number of carbonyl (C=O) groups excluding carboxylic acids is 1. The van der Waals surface area contributed by atoms with Crippen molar-refractivity contribution in [3.05, 3.63) is 17.0 Å². The molecule has 1 fully saturated rings. The summed E-state index contributed by atoms with van der Waals surface area (Å²) >= 11 is 0. The standard InChI is InChI=1S/C19H34N6O2/c1-6-20-19(21-10-7-17-14(2)23-27-15(17)3)22-16-8-11-25(12-9-16)13-18(26)24(4)5/h16H,6-13H2,1-5H3,(H2,20,21,22). The van der Waals surface area contributed by atoms with Gasteiger partial charge in [0.15, 0.2) is 5.96 Å². The number of rotatable bonds is 7. The highest BCUT2D eigenvalue weighted by Crippen LogP contribution is 2.13. The van der Waals surface area contributed by atoms with Crippen LogP contribution >= 0.6 is 0 Å². The van der Waals surface area contributed by atoms with Crippen molar-refractivity contribution in [2.75, 3.05) is 46.8 Å². The summed E-state index contributed by atoms with van der Waals surface area (Å²) in [5.74, 6) is 1.89. The van der Waals surface area contributed by atoms with Crippen LogP contribution < -0.4 is 10.6 Å². The quantitative estimate of drug-likeness (QED) is 0.543. The maximum Gasteiger partial charge on any atom is 0.236 e. The van der Waals surface area contributed by atoms with E-state index < -0.39 is 0 Å². The van der Waals surface area contributed by atoms with Crippen LogP contribution in [0.5, 0.6) is 0 Å². The first-order valence-corrected chi connectivity index (χ1v) is 9.79. The molecule has 1 aliphatic heterocycles. The zero-order valence-electron chi connectivity index (χ0n) is 17.3. The fourth-order valence-electron chi connectivity index (χ4n) is 3.22. The summed E-state index contributed by atoms with van der Waals surface area (Å²) in [4.78, 5) is 20.4. The summed E-state index contributed by atoms with van der Waals surface area (Å²) < 4.78 is 5.21. The molecule has 1 aliphatic rings. The minimum Gasteiger partial charge on any atom is -0.361 e. The monoisotopic (exact) mass is 378 g/mol. The van der Waals surface area contributed by atoms with E-state index in [4.69, 9.17) is 9.52 Å². The first-order valence-electron chi connectivity index (χ1n) is 9.79. The number of nitrogens with zero attached hydrogens (tertiary/aromatic N) is 4. The predicted molar refractivity (Wildman–Crippen MR) is 107 cm³/mol. The molecule has 2 N–H and O–H groups in total. The first-order chi connectivity index (χ1) is 12.9. The molecule has 0 bridgehead atoms. The second kappa shape index (κ2) is 10.3. The van der Waals surface area contributed by atoms with Gasteiger partial charge in [0.1, 0.15) is 5.76 Å². The molecule has 0 aliphatic carbocycles. The van der Waals surface area contributed by atoms with E-state index in [1.165, 1.54) is 0 Å². The lowest BCUT2D eigenvalue weighted by atomic mass is 10.1. The van der Waals surface area contributed by atoms with Gasteiger partial charge < -0.3 is 20.1 Å². The number of hydrogen-bond donors (Lipinski definition) is 2. The van der Waals surface area contributed by atoms with E-state index in [0.717, 1.165) is 61.9 Å². The Bertz CT molecular complexity index is 613. The van der Waals surface area contributed by atoms with Gasteiger partial charge in [-0.15, -0.1) is 0 Å². The van der Waals surface area contributed by atoms with Crippen LogP contribution in [0.15, 0.2) is 9.52 Å². The van der Waals surface area contributed by atoms with Crippen molar-refractivity contribution < 1.29 is 9.32 Å². The fourth-order valence-corrected chi connectivity index (χ4v) is 3.22. The minimum absolute atomic E-state index is 0.163. The van der Waals surface area contributed by atoms with Crippen LogP contribution in [0.3, 0.4) is 0 Å². The average molecular weight is 379 g/mol. The van der Waals surface area contributed by atoms with Gasteiger partial charge in [-0.3, -0.25) is 14.7 Å². The van der Waals surface area contributed by atoms with Crippen LogP contribution in [0.25, 0.3) is 0 Å². The molecule has 0 saturated carbocycles. The number of aryl methyl sites for hydroxylation is 2. The molecule has 0 aromatic carbocycles. The van der Waals surface area contributed by atoms with Crippen molar-refractivity contribution in [1.82, 2.24) is 25.6 Å². The number of amides is 1. The van der Waals surface area contributed by atoms with Crippen molar-refractivity contribution in [2.45, 2.75) is 46.1 Å². The number of likely N-dealkylation sites (N-methyl/N-ethyl adjacent to an activating group) is 1. The lowest BCUT2D eigenvalue weighted by Gasteiger charge is -2.33. The number of nitrogens with one attached hydrogen (secondary N) is 2. The first kappa shape index (κ1) is 21.2. The number of likely N-dealkylation sites (tertiary alicyclic amines) is 1. The van der Waals surface area contributed by atoms with Crippen LogP contribution in [-0.2, 0) is 11.2 Å². The lowest BCUT2D eigenvalue weighted by molar-refractivity contribution is -0.130. The number of hydrogen-bond acceptors (Lipinski definition) is 5. The van der Waals surface area contributed by atoms with Crippen molar-refractivity contribution in [3.8, 4) is 0 Å². The summed E-state index contributed by atoms with van der Waals surface area (Å²) in [6.45, 7) is 9.85. The Morgan fingerprint density at radius 3 is 2.59 bits per heavy atom. The van der Waals surface area contributed by atoms with E-state index in [1.807, 2.05) is 13.8 Å². The van der Waals surface area contributed by atoms with Gasteiger partial charge in [0.2, 0.25) is 5.91 Å². The third kappa shape index (κ3) is 6.53. The molecule has 0 spiro atoms. The van der Waals surface area contributed by atoms with Gasteiger partial charge in [-0.25, -0.2) is 0 Å². The van der Waals surface area contributed by atoms with Crippen molar-refractivity contribution in [3.63, 3.8) is 0 Å². The molecule has 0 atom stereocenters. The Hall–Kier alpha value is -2.09. The van der Waals surface area contributed by atoms with E-state index in [2.05, 4.69) is 27.6 Å². The molecule has 0 radical (unpaired) electrons. The van der Waals surface area contributed by atoms with Gasteiger partial charge in [-0.1, -0.05) is 5.16 Å². The fraction of sp³-hybridized carbons (Fsp3) is 0.737. The van der Waals surface area contributed by atoms with Gasteiger partial charge in [-0.05, 0) is 40.0 Å².